The summed E-state index contributed by atoms with van der Waals surface area (Å²) in [5, 5.41) is 27.7. The lowest BCUT2D eigenvalue weighted by atomic mass is 9.97. The van der Waals surface area contributed by atoms with E-state index in [4.69, 9.17) is 25.8 Å². The fourth-order valence-corrected chi connectivity index (χ4v) is 1.02. The zero-order chi connectivity index (χ0) is 18.1. The first-order valence-corrected chi connectivity index (χ1v) is 6.44. The number of nitrogens with one attached hydrogen (secondary N) is 1. The molecule has 132 valence electrons. The van der Waals surface area contributed by atoms with Gasteiger partial charge in [0.2, 0.25) is 5.91 Å². The smallest absolute Gasteiger partial charge is 0.475 e. The third-order valence-corrected chi connectivity index (χ3v) is 2.93. The van der Waals surface area contributed by atoms with E-state index in [-0.39, 0.29) is 25.0 Å². The number of rotatable bonds is 6. The Balaban J connectivity index is 0. The lowest BCUT2D eigenvalue weighted by molar-refractivity contribution is -0.192. The van der Waals surface area contributed by atoms with Gasteiger partial charge in [-0.2, -0.15) is 13.2 Å². The minimum atomic E-state index is -5.08. The van der Waals surface area contributed by atoms with Crippen LogP contribution in [0.2, 0.25) is 0 Å². The van der Waals surface area contributed by atoms with Gasteiger partial charge in [-0.1, -0.05) is 20.3 Å². The van der Waals surface area contributed by atoms with Crippen LogP contribution in [0.15, 0.2) is 0 Å². The van der Waals surface area contributed by atoms with Crippen molar-refractivity contribution >= 4 is 11.9 Å². The highest BCUT2D eigenvalue weighted by Crippen LogP contribution is 2.13. The quantitative estimate of drug-likeness (QED) is 0.459. The van der Waals surface area contributed by atoms with Crippen molar-refractivity contribution in [2.45, 2.75) is 44.9 Å². The van der Waals surface area contributed by atoms with Gasteiger partial charge in [-0.05, 0) is 12.8 Å². The number of carboxylic acid groups (broad SMARTS) is 1. The summed E-state index contributed by atoms with van der Waals surface area (Å²) >= 11 is 0. The Kier molecular flexibility index (Phi) is 9.98. The predicted octanol–water partition coefficient (Wildman–Crippen LogP) is -0.147. The number of aliphatic hydroxyl groups is 2. The van der Waals surface area contributed by atoms with Gasteiger partial charge >= 0.3 is 12.1 Å². The van der Waals surface area contributed by atoms with Crippen molar-refractivity contribution in [3.05, 3.63) is 0 Å². The van der Waals surface area contributed by atoms with Gasteiger partial charge in [0, 0.05) is 0 Å². The van der Waals surface area contributed by atoms with Crippen molar-refractivity contribution in [2.75, 3.05) is 13.2 Å². The number of carboxylic acids is 1. The average Bonchev–Trinajstić information content (AvgIpc) is 2.44. The minimum absolute atomic E-state index is 0.0756. The molecule has 0 aromatic rings. The highest BCUT2D eigenvalue weighted by atomic mass is 19.4. The number of alkyl halides is 3. The molecule has 0 aliphatic heterocycles. The minimum Gasteiger partial charge on any atom is -0.475 e. The molecule has 0 aromatic carbocycles. The molecule has 22 heavy (non-hydrogen) atoms. The molecular weight excluding hydrogens is 309 g/mol. The zero-order valence-electron chi connectivity index (χ0n) is 12.6. The number of aliphatic carboxylic acids is 1. The van der Waals surface area contributed by atoms with Crippen molar-refractivity contribution in [1.29, 1.82) is 0 Å². The van der Waals surface area contributed by atoms with Crippen LogP contribution in [-0.4, -0.2) is 58.2 Å². The molecule has 0 spiro atoms. The largest absolute Gasteiger partial charge is 0.490 e. The van der Waals surface area contributed by atoms with Gasteiger partial charge in [0.05, 0.1) is 24.8 Å². The third-order valence-electron chi connectivity index (χ3n) is 2.93. The molecule has 10 heteroatoms. The second-order valence-corrected chi connectivity index (χ2v) is 5.08. The SMILES string of the molecule is CCC(C)C(N)C(=O)NC(C)(CO)CO.O=C(O)C(F)(F)F. The van der Waals surface area contributed by atoms with Crippen LogP contribution in [-0.2, 0) is 9.59 Å². The number of aliphatic hydroxyl groups excluding tert-OH is 2. The molecule has 0 aliphatic carbocycles. The summed E-state index contributed by atoms with van der Waals surface area (Å²) in [4.78, 5) is 20.5. The molecular formula is C12H23F3N2O5. The van der Waals surface area contributed by atoms with E-state index in [1.54, 1.807) is 6.92 Å². The lowest BCUT2D eigenvalue weighted by Gasteiger charge is -2.29. The van der Waals surface area contributed by atoms with Crippen LogP contribution in [0.3, 0.4) is 0 Å². The van der Waals surface area contributed by atoms with E-state index in [0.29, 0.717) is 0 Å². The molecule has 0 saturated heterocycles. The van der Waals surface area contributed by atoms with E-state index in [1.165, 1.54) is 0 Å². The van der Waals surface area contributed by atoms with Gasteiger partial charge in [0.15, 0.2) is 0 Å². The molecule has 0 fully saturated rings. The number of halogens is 3. The molecule has 1 amide bonds. The highest BCUT2D eigenvalue weighted by molar-refractivity contribution is 5.82. The van der Waals surface area contributed by atoms with Gasteiger partial charge in [0.25, 0.3) is 0 Å². The van der Waals surface area contributed by atoms with Crippen molar-refractivity contribution in [2.24, 2.45) is 11.7 Å². The van der Waals surface area contributed by atoms with E-state index >= 15 is 0 Å². The first kappa shape index (κ1) is 22.9. The predicted molar refractivity (Wildman–Crippen MR) is 71.8 cm³/mol. The van der Waals surface area contributed by atoms with Crippen LogP contribution >= 0.6 is 0 Å². The molecule has 0 bridgehead atoms. The second kappa shape index (κ2) is 9.59. The first-order chi connectivity index (χ1) is 9.84. The maximum absolute atomic E-state index is 11.6. The molecule has 0 aromatic heterocycles. The van der Waals surface area contributed by atoms with Crippen LogP contribution in [0.25, 0.3) is 0 Å². The molecule has 0 heterocycles. The summed E-state index contributed by atoms with van der Waals surface area (Å²) in [6.07, 6.45) is -4.27. The van der Waals surface area contributed by atoms with E-state index in [0.717, 1.165) is 6.42 Å². The molecule has 0 saturated carbocycles. The number of carbonyl (C=O) groups excluding carboxylic acids is 1. The molecule has 0 radical (unpaired) electrons. The second-order valence-electron chi connectivity index (χ2n) is 5.08. The number of hydrogen-bond acceptors (Lipinski definition) is 5. The molecule has 2 atom stereocenters. The fraction of sp³-hybridized carbons (Fsp3) is 0.833. The van der Waals surface area contributed by atoms with Crippen LogP contribution in [0, 0.1) is 5.92 Å². The van der Waals surface area contributed by atoms with E-state index in [1.807, 2.05) is 13.8 Å². The summed E-state index contributed by atoms with van der Waals surface area (Å²) in [5.41, 5.74) is 4.71. The lowest BCUT2D eigenvalue weighted by Crippen LogP contribution is -2.57. The molecule has 0 rings (SSSR count). The van der Waals surface area contributed by atoms with E-state index in [2.05, 4.69) is 5.32 Å². The summed E-state index contributed by atoms with van der Waals surface area (Å²) in [6.45, 7) is 4.77. The standard InChI is InChI=1S/C10H22N2O3.C2HF3O2/c1-4-7(2)8(11)9(15)12-10(3,5-13)6-14;3-2(4,5)1(6)7/h7-8,13-14H,4-6,11H2,1-3H3,(H,12,15);(H,6,7). The topological polar surface area (TPSA) is 133 Å². The first-order valence-electron chi connectivity index (χ1n) is 6.44. The monoisotopic (exact) mass is 332 g/mol. The van der Waals surface area contributed by atoms with Crippen LogP contribution < -0.4 is 11.1 Å². The molecule has 6 N–H and O–H groups in total. The van der Waals surface area contributed by atoms with Gasteiger partial charge < -0.3 is 26.4 Å². The van der Waals surface area contributed by atoms with E-state index < -0.39 is 23.7 Å². The number of nitrogens with two attached hydrogens (primary N) is 1. The molecule has 7 nitrogen and oxygen atoms in total. The highest BCUT2D eigenvalue weighted by Gasteiger charge is 2.38. The van der Waals surface area contributed by atoms with Gasteiger partial charge in [-0.3, -0.25) is 4.79 Å². The molecule has 0 aliphatic rings. The van der Waals surface area contributed by atoms with Crippen molar-refractivity contribution in [1.82, 2.24) is 5.32 Å². The summed E-state index contributed by atoms with van der Waals surface area (Å²) in [7, 11) is 0. The Hall–Kier alpha value is -1.39. The zero-order valence-corrected chi connectivity index (χ0v) is 12.6. The summed E-state index contributed by atoms with van der Waals surface area (Å²) in [5.74, 6) is -3.02. The number of carbonyl (C=O) groups is 2. The Morgan fingerprint density at radius 3 is 1.82 bits per heavy atom. The van der Waals surface area contributed by atoms with Crippen LogP contribution in [0.1, 0.15) is 27.2 Å². The number of hydrogen-bond donors (Lipinski definition) is 5. The van der Waals surface area contributed by atoms with Gasteiger partial charge in [-0.25, -0.2) is 4.79 Å². The maximum atomic E-state index is 11.6. The Morgan fingerprint density at radius 1 is 1.23 bits per heavy atom. The van der Waals surface area contributed by atoms with Crippen LogP contribution in [0.5, 0.6) is 0 Å². The Bertz CT molecular complexity index is 359. The average molecular weight is 332 g/mol. The Morgan fingerprint density at radius 2 is 1.59 bits per heavy atom. The van der Waals surface area contributed by atoms with Gasteiger partial charge in [-0.15, -0.1) is 0 Å². The van der Waals surface area contributed by atoms with Gasteiger partial charge in [0.1, 0.15) is 0 Å². The third kappa shape index (κ3) is 8.80. The molecule has 2 unspecified atom stereocenters. The van der Waals surface area contributed by atoms with Crippen molar-refractivity contribution < 1.29 is 38.1 Å². The fourth-order valence-electron chi connectivity index (χ4n) is 1.02. The maximum Gasteiger partial charge on any atom is 0.490 e. The normalized spacial score (nSPS) is 14.4. The van der Waals surface area contributed by atoms with E-state index in [9.17, 15) is 18.0 Å². The van der Waals surface area contributed by atoms with Crippen molar-refractivity contribution in [3.8, 4) is 0 Å². The van der Waals surface area contributed by atoms with Crippen LogP contribution in [0.4, 0.5) is 13.2 Å². The summed E-state index contributed by atoms with van der Waals surface area (Å²) < 4.78 is 31.7. The van der Waals surface area contributed by atoms with Crippen molar-refractivity contribution in [3.63, 3.8) is 0 Å². The Labute approximate surface area is 126 Å². The summed E-state index contributed by atoms with van der Waals surface area (Å²) in [6, 6.07) is -0.604. The number of amides is 1.